The molecule has 1 nitrogen and oxygen atoms in total. The van der Waals surface area contributed by atoms with Crippen molar-refractivity contribution in [3.05, 3.63) is 28.5 Å². The molecular weight excluding hydrogens is 339 g/mol. The molecule has 0 aromatic rings. The molecule has 0 aromatic heterocycles. The third-order valence-corrected chi connectivity index (χ3v) is 3.91. The van der Waals surface area contributed by atoms with E-state index in [1.807, 2.05) is 6.08 Å². The van der Waals surface area contributed by atoms with Crippen molar-refractivity contribution in [2.75, 3.05) is 0 Å². The lowest BCUT2D eigenvalue weighted by Gasteiger charge is -2.36. The van der Waals surface area contributed by atoms with Gasteiger partial charge >= 0.3 is 0 Å². The van der Waals surface area contributed by atoms with Crippen molar-refractivity contribution in [2.45, 2.75) is 57.8 Å². The van der Waals surface area contributed by atoms with E-state index in [4.69, 9.17) is 4.43 Å². The Morgan fingerprint density at radius 1 is 1.41 bits per heavy atom. The molecule has 0 amide bonds. The van der Waals surface area contributed by atoms with Crippen molar-refractivity contribution in [3.63, 3.8) is 0 Å². The van der Waals surface area contributed by atoms with E-state index < -0.39 is 8.32 Å². The first-order valence-electron chi connectivity index (χ1n) is 6.21. The van der Waals surface area contributed by atoms with Gasteiger partial charge in [-0.15, -0.1) is 5.73 Å². The Morgan fingerprint density at radius 2 is 2.06 bits per heavy atom. The topological polar surface area (TPSA) is 9.23 Å². The number of unbranched alkanes of at least 4 members (excludes halogenated alkanes) is 1. The second kappa shape index (κ2) is 8.30. The Hall–Kier alpha value is 0.167. The van der Waals surface area contributed by atoms with Crippen LogP contribution in [0.25, 0.3) is 0 Å². The summed E-state index contributed by atoms with van der Waals surface area (Å²) in [6, 6.07) is 0. The molecule has 0 radical (unpaired) electrons. The summed E-state index contributed by atoms with van der Waals surface area (Å²) in [6.07, 6.45) is 8.54. The van der Waals surface area contributed by atoms with Crippen LogP contribution in [0.1, 0.15) is 32.6 Å². The Labute approximate surface area is 121 Å². The van der Waals surface area contributed by atoms with E-state index in [1.165, 1.54) is 12.8 Å². The fourth-order valence-corrected chi connectivity index (χ4v) is 3.59. The van der Waals surface area contributed by atoms with Crippen LogP contribution in [0, 0.1) is 0 Å². The van der Waals surface area contributed by atoms with Crippen molar-refractivity contribution >= 4 is 30.9 Å². The van der Waals surface area contributed by atoms with Gasteiger partial charge in [0.25, 0.3) is 0 Å². The fourth-order valence-electron chi connectivity index (χ4n) is 1.87. The van der Waals surface area contributed by atoms with Gasteiger partial charge < -0.3 is 4.43 Å². The van der Waals surface area contributed by atoms with Gasteiger partial charge in [-0.1, -0.05) is 55.0 Å². The smallest absolute Gasteiger partial charge is 0.184 e. The summed E-state index contributed by atoms with van der Waals surface area (Å²) in [6.45, 7) is 12.6. The largest absolute Gasteiger partial charge is 0.408 e. The molecule has 17 heavy (non-hydrogen) atoms. The predicted molar refractivity (Wildman–Crippen MR) is 88.2 cm³/mol. The second-order valence-corrected chi connectivity index (χ2v) is 10.4. The van der Waals surface area contributed by atoms with Crippen LogP contribution in [-0.4, -0.2) is 13.9 Å². The Bertz CT molecular complexity index is 287. The van der Waals surface area contributed by atoms with E-state index in [0.29, 0.717) is 0 Å². The molecular formula is C14H25IOSi. The SMILES string of the molecule is C=C=CC(CC=CI)(CCCC)O[Si](C)(C)C. The number of hydrogen-bond donors (Lipinski definition) is 0. The molecule has 1 atom stereocenters. The molecule has 3 heteroatoms. The van der Waals surface area contributed by atoms with Gasteiger partial charge in [0.05, 0.1) is 5.60 Å². The highest BCUT2D eigenvalue weighted by Gasteiger charge is 2.32. The summed E-state index contributed by atoms with van der Waals surface area (Å²) >= 11 is 2.26. The average molecular weight is 364 g/mol. The summed E-state index contributed by atoms with van der Waals surface area (Å²) in [5, 5.41) is 0. The summed E-state index contributed by atoms with van der Waals surface area (Å²) in [4.78, 5) is 0. The van der Waals surface area contributed by atoms with E-state index in [9.17, 15) is 0 Å². The minimum atomic E-state index is -1.57. The van der Waals surface area contributed by atoms with E-state index in [0.717, 1.165) is 12.8 Å². The Morgan fingerprint density at radius 3 is 2.47 bits per heavy atom. The molecule has 0 aliphatic carbocycles. The number of rotatable bonds is 8. The Kier molecular flexibility index (Phi) is 8.38. The van der Waals surface area contributed by atoms with Crippen LogP contribution >= 0.6 is 22.6 Å². The van der Waals surface area contributed by atoms with Crippen LogP contribution < -0.4 is 0 Å². The molecule has 1 unspecified atom stereocenters. The van der Waals surface area contributed by atoms with E-state index in [1.54, 1.807) is 0 Å². The van der Waals surface area contributed by atoms with Crippen LogP contribution in [-0.2, 0) is 4.43 Å². The van der Waals surface area contributed by atoms with Crippen LogP contribution in [0.3, 0.4) is 0 Å². The lowest BCUT2D eigenvalue weighted by molar-refractivity contribution is 0.102. The molecule has 0 saturated carbocycles. The Balaban J connectivity index is 5.00. The van der Waals surface area contributed by atoms with Crippen molar-refractivity contribution in [2.24, 2.45) is 0 Å². The van der Waals surface area contributed by atoms with Gasteiger partial charge in [-0.05, 0) is 42.6 Å². The van der Waals surface area contributed by atoms with Gasteiger partial charge in [0.15, 0.2) is 8.32 Å². The maximum atomic E-state index is 6.40. The van der Waals surface area contributed by atoms with Crippen molar-refractivity contribution < 1.29 is 4.43 Å². The third kappa shape index (κ3) is 7.98. The molecule has 98 valence electrons. The zero-order valence-electron chi connectivity index (χ0n) is 11.6. The number of hydrogen-bond acceptors (Lipinski definition) is 1. The maximum absolute atomic E-state index is 6.40. The highest BCUT2D eigenvalue weighted by Crippen LogP contribution is 2.29. The summed E-state index contributed by atoms with van der Waals surface area (Å²) in [5.41, 5.74) is 2.74. The number of halogens is 1. The predicted octanol–water partition coefficient (Wildman–Crippen LogP) is 5.45. The van der Waals surface area contributed by atoms with E-state index >= 15 is 0 Å². The first-order valence-corrected chi connectivity index (χ1v) is 10.9. The molecule has 0 rings (SSSR count). The maximum Gasteiger partial charge on any atom is 0.184 e. The third-order valence-electron chi connectivity index (χ3n) is 2.38. The fraction of sp³-hybridized carbons (Fsp3) is 0.643. The van der Waals surface area contributed by atoms with Crippen LogP contribution in [0.5, 0.6) is 0 Å². The van der Waals surface area contributed by atoms with Gasteiger partial charge in [0, 0.05) is 0 Å². The summed E-state index contributed by atoms with van der Waals surface area (Å²) in [7, 11) is -1.57. The molecule has 0 aliphatic heterocycles. The van der Waals surface area contributed by atoms with Gasteiger partial charge in [0.1, 0.15) is 0 Å². The summed E-state index contributed by atoms with van der Waals surface area (Å²) in [5.74, 6) is 0. The van der Waals surface area contributed by atoms with Crippen LogP contribution in [0.2, 0.25) is 19.6 Å². The molecule has 0 spiro atoms. The van der Waals surface area contributed by atoms with Crippen LogP contribution in [0.4, 0.5) is 0 Å². The molecule has 0 heterocycles. The average Bonchev–Trinajstić information content (AvgIpc) is 2.22. The van der Waals surface area contributed by atoms with Gasteiger partial charge in [-0.3, -0.25) is 0 Å². The monoisotopic (exact) mass is 364 g/mol. The highest BCUT2D eigenvalue weighted by molar-refractivity contribution is 14.1. The van der Waals surface area contributed by atoms with E-state index in [2.05, 4.69) is 71.6 Å². The van der Waals surface area contributed by atoms with Crippen molar-refractivity contribution in [3.8, 4) is 0 Å². The normalized spacial score (nSPS) is 15.6. The van der Waals surface area contributed by atoms with Crippen molar-refractivity contribution in [1.29, 1.82) is 0 Å². The summed E-state index contributed by atoms with van der Waals surface area (Å²) < 4.78 is 8.45. The molecule has 0 saturated heterocycles. The minimum Gasteiger partial charge on any atom is -0.408 e. The second-order valence-electron chi connectivity index (χ2n) is 5.30. The van der Waals surface area contributed by atoms with Gasteiger partial charge in [-0.25, -0.2) is 0 Å². The molecule has 0 aromatic carbocycles. The first-order chi connectivity index (χ1) is 7.89. The lowest BCUT2D eigenvalue weighted by Crippen LogP contribution is -2.41. The standard InChI is InChI=1S/C14H25IOSi/c1-6-8-11-14(10-7-2,12-9-13-15)16-17(3,4)5/h9-10,13H,2,6,8,11-12H2,1,3-5H3. The van der Waals surface area contributed by atoms with Crippen molar-refractivity contribution in [1.82, 2.24) is 0 Å². The zero-order valence-corrected chi connectivity index (χ0v) is 14.7. The molecule has 0 aliphatic rings. The van der Waals surface area contributed by atoms with Crippen LogP contribution in [0.15, 0.2) is 28.5 Å². The molecule has 0 fully saturated rings. The van der Waals surface area contributed by atoms with Gasteiger partial charge in [-0.2, -0.15) is 0 Å². The zero-order chi connectivity index (χ0) is 13.4. The lowest BCUT2D eigenvalue weighted by atomic mass is 9.93. The quantitative estimate of drug-likeness (QED) is 0.316. The van der Waals surface area contributed by atoms with Gasteiger partial charge in [0.2, 0.25) is 0 Å². The first kappa shape index (κ1) is 17.2. The minimum absolute atomic E-state index is 0.191. The highest BCUT2D eigenvalue weighted by atomic mass is 127. The molecule has 0 N–H and O–H groups in total. The molecule has 0 bridgehead atoms. The van der Waals surface area contributed by atoms with E-state index in [-0.39, 0.29) is 5.60 Å².